The normalized spacial score (nSPS) is 16.1. The van der Waals surface area contributed by atoms with Crippen molar-refractivity contribution in [2.75, 3.05) is 6.61 Å². The van der Waals surface area contributed by atoms with Gasteiger partial charge in [-0.25, -0.2) is 0 Å². The topological polar surface area (TPSA) is 9.23 Å². The summed E-state index contributed by atoms with van der Waals surface area (Å²) in [6.45, 7) is 9.72. The Morgan fingerprint density at radius 1 is 1.24 bits per heavy atom. The molecule has 1 nitrogen and oxygen atoms in total. The van der Waals surface area contributed by atoms with Crippen molar-refractivity contribution >= 4 is 9.04 Å². The molecule has 0 aromatic rings. The van der Waals surface area contributed by atoms with Crippen LogP contribution in [0, 0.1) is 11.8 Å². The van der Waals surface area contributed by atoms with Gasteiger partial charge in [-0.1, -0.05) is 45.6 Å². The summed E-state index contributed by atoms with van der Waals surface area (Å²) in [6.07, 6.45) is 7.30. The number of rotatable bonds is 4. The second-order valence-corrected chi connectivity index (χ2v) is 9.47. The van der Waals surface area contributed by atoms with Crippen LogP contribution in [0.3, 0.4) is 0 Å². The van der Waals surface area contributed by atoms with Crippen molar-refractivity contribution in [2.45, 2.75) is 64.5 Å². The standard InChI is InChI=1S/C15H26OSi/c1-13(2)17(14(3)4)16-12-8-11-15-9-6-5-7-10-15/h9,13-14,17H,5-7,10,12H2,1-4H3. The van der Waals surface area contributed by atoms with E-state index in [2.05, 4.69) is 45.6 Å². The first-order chi connectivity index (χ1) is 8.11. The van der Waals surface area contributed by atoms with Crippen LogP contribution in [0.2, 0.25) is 11.1 Å². The lowest BCUT2D eigenvalue weighted by Gasteiger charge is -2.21. The van der Waals surface area contributed by atoms with Crippen LogP contribution in [0.15, 0.2) is 11.6 Å². The molecule has 1 rings (SSSR count). The molecule has 0 aromatic carbocycles. The molecule has 2 heteroatoms. The van der Waals surface area contributed by atoms with E-state index in [1.54, 1.807) is 0 Å². The third-order valence-electron chi connectivity index (χ3n) is 3.20. The Balaban J connectivity index is 2.35. The molecular formula is C15H26OSi. The van der Waals surface area contributed by atoms with Gasteiger partial charge in [0.15, 0.2) is 9.04 Å². The first kappa shape index (κ1) is 14.5. The molecule has 0 unspecified atom stereocenters. The smallest absolute Gasteiger partial charge is 0.183 e. The molecule has 0 radical (unpaired) electrons. The monoisotopic (exact) mass is 250 g/mol. The van der Waals surface area contributed by atoms with Gasteiger partial charge in [-0.2, -0.15) is 0 Å². The minimum absolute atomic E-state index is 0.630. The van der Waals surface area contributed by atoms with Crippen LogP contribution in [0.1, 0.15) is 53.4 Å². The van der Waals surface area contributed by atoms with Crippen LogP contribution < -0.4 is 0 Å². The van der Waals surface area contributed by atoms with Crippen molar-refractivity contribution < 1.29 is 4.43 Å². The summed E-state index contributed by atoms with van der Waals surface area (Å²) in [4.78, 5) is 0. The maximum absolute atomic E-state index is 5.99. The summed E-state index contributed by atoms with van der Waals surface area (Å²) < 4.78 is 5.99. The highest BCUT2D eigenvalue weighted by molar-refractivity contribution is 6.55. The molecule has 0 amide bonds. The molecule has 1 aliphatic carbocycles. The summed E-state index contributed by atoms with van der Waals surface area (Å²) in [5.74, 6) is 6.45. The van der Waals surface area contributed by atoms with Gasteiger partial charge in [0.2, 0.25) is 0 Å². The van der Waals surface area contributed by atoms with E-state index in [0.717, 1.165) is 0 Å². The maximum atomic E-state index is 5.99. The molecule has 0 bridgehead atoms. The van der Waals surface area contributed by atoms with Crippen molar-refractivity contribution in [1.29, 1.82) is 0 Å². The van der Waals surface area contributed by atoms with Gasteiger partial charge in [0, 0.05) is 0 Å². The number of hydrogen-bond donors (Lipinski definition) is 0. The molecule has 0 aromatic heterocycles. The Morgan fingerprint density at radius 3 is 2.47 bits per heavy atom. The Labute approximate surface area is 108 Å². The highest BCUT2D eigenvalue weighted by Gasteiger charge is 2.20. The van der Waals surface area contributed by atoms with Gasteiger partial charge >= 0.3 is 0 Å². The SMILES string of the molecule is CC(C)[SiH](OCC#CC1=CCCCC1)C(C)C. The van der Waals surface area contributed by atoms with Crippen LogP contribution in [0.25, 0.3) is 0 Å². The van der Waals surface area contributed by atoms with Gasteiger partial charge in [-0.3, -0.25) is 0 Å². The lowest BCUT2D eigenvalue weighted by Crippen LogP contribution is -2.25. The summed E-state index contributed by atoms with van der Waals surface area (Å²) in [6, 6.07) is 0. The van der Waals surface area contributed by atoms with Crippen LogP contribution in [0.4, 0.5) is 0 Å². The fourth-order valence-electron chi connectivity index (χ4n) is 2.39. The van der Waals surface area contributed by atoms with Crippen molar-refractivity contribution in [2.24, 2.45) is 0 Å². The zero-order valence-electron chi connectivity index (χ0n) is 11.8. The average Bonchev–Trinajstić information content (AvgIpc) is 2.29. The first-order valence-corrected chi connectivity index (χ1v) is 8.71. The summed E-state index contributed by atoms with van der Waals surface area (Å²) in [5.41, 5.74) is 2.73. The first-order valence-electron chi connectivity index (χ1n) is 6.90. The van der Waals surface area contributed by atoms with E-state index in [-0.39, 0.29) is 0 Å². The third kappa shape index (κ3) is 5.56. The molecule has 1 aliphatic rings. The zero-order valence-corrected chi connectivity index (χ0v) is 12.9. The summed E-state index contributed by atoms with van der Waals surface area (Å²) in [5, 5.41) is 0. The average molecular weight is 250 g/mol. The van der Waals surface area contributed by atoms with Gasteiger partial charge < -0.3 is 4.43 Å². The minimum atomic E-state index is -1.08. The van der Waals surface area contributed by atoms with Crippen LogP contribution in [0.5, 0.6) is 0 Å². The molecule has 17 heavy (non-hydrogen) atoms. The molecule has 0 saturated carbocycles. The highest BCUT2D eigenvalue weighted by Crippen LogP contribution is 2.20. The molecule has 0 spiro atoms. The summed E-state index contributed by atoms with van der Waals surface area (Å²) in [7, 11) is -1.08. The number of allylic oxidation sites excluding steroid dienone is 2. The van der Waals surface area contributed by atoms with Gasteiger partial charge in [-0.05, 0) is 42.3 Å². The Kier molecular flexibility index (Phi) is 6.62. The third-order valence-corrected chi connectivity index (χ3v) is 6.38. The lowest BCUT2D eigenvalue weighted by atomic mass is 10.0. The fraction of sp³-hybridized carbons (Fsp3) is 0.733. The largest absolute Gasteiger partial charge is 0.409 e. The van der Waals surface area contributed by atoms with E-state index in [9.17, 15) is 0 Å². The molecule has 0 N–H and O–H groups in total. The Hall–Kier alpha value is -0.523. The minimum Gasteiger partial charge on any atom is -0.409 e. The van der Waals surface area contributed by atoms with Gasteiger partial charge in [-0.15, -0.1) is 0 Å². The van der Waals surface area contributed by atoms with E-state index in [0.29, 0.717) is 17.7 Å². The Morgan fingerprint density at radius 2 is 1.94 bits per heavy atom. The molecule has 0 fully saturated rings. The molecule has 96 valence electrons. The molecule has 0 atom stereocenters. The predicted molar refractivity (Wildman–Crippen MR) is 77.6 cm³/mol. The quantitative estimate of drug-likeness (QED) is 0.540. The van der Waals surface area contributed by atoms with E-state index < -0.39 is 9.04 Å². The molecular weight excluding hydrogens is 224 g/mol. The fourth-order valence-corrected chi connectivity index (χ4v) is 4.98. The van der Waals surface area contributed by atoms with Gasteiger partial charge in [0.05, 0.1) is 6.61 Å². The van der Waals surface area contributed by atoms with E-state index in [4.69, 9.17) is 4.43 Å². The van der Waals surface area contributed by atoms with Crippen molar-refractivity contribution in [3.05, 3.63) is 11.6 Å². The van der Waals surface area contributed by atoms with E-state index >= 15 is 0 Å². The zero-order chi connectivity index (χ0) is 12.7. The second-order valence-electron chi connectivity index (χ2n) is 5.54. The second kappa shape index (κ2) is 7.74. The molecule has 0 saturated heterocycles. The molecule has 0 aliphatic heterocycles. The van der Waals surface area contributed by atoms with Gasteiger partial charge in [0.1, 0.15) is 0 Å². The molecule has 0 heterocycles. The van der Waals surface area contributed by atoms with E-state index in [1.165, 1.54) is 31.3 Å². The number of hydrogen-bond acceptors (Lipinski definition) is 1. The van der Waals surface area contributed by atoms with Crippen LogP contribution in [-0.4, -0.2) is 15.6 Å². The Bertz CT molecular complexity index is 299. The predicted octanol–water partition coefficient (Wildman–Crippen LogP) is 4.05. The van der Waals surface area contributed by atoms with Crippen LogP contribution in [-0.2, 0) is 4.43 Å². The van der Waals surface area contributed by atoms with Crippen molar-refractivity contribution in [3.63, 3.8) is 0 Å². The van der Waals surface area contributed by atoms with Gasteiger partial charge in [0.25, 0.3) is 0 Å². The highest BCUT2D eigenvalue weighted by atomic mass is 28.3. The summed E-state index contributed by atoms with van der Waals surface area (Å²) >= 11 is 0. The van der Waals surface area contributed by atoms with Crippen molar-refractivity contribution in [1.82, 2.24) is 0 Å². The van der Waals surface area contributed by atoms with E-state index in [1.807, 2.05) is 0 Å². The lowest BCUT2D eigenvalue weighted by molar-refractivity contribution is 0.358. The van der Waals surface area contributed by atoms with Crippen molar-refractivity contribution in [3.8, 4) is 11.8 Å². The maximum Gasteiger partial charge on any atom is 0.183 e. The van der Waals surface area contributed by atoms with Crippen LogP contribution >= 0.6 is 0 Å².